The van der Waals surface area contributed by atoms with Gasteiger partial charge >= 0.3 is 0 Å². The zero-order valence-corrected chi connectivity index (χ0v) is 16.2. The third-order valence-corrected chi connectivity index (χ3v) is 4.24. The highest BCUT2D eigenvalue weighted by Gasteiger charge is 2.14. The number of hydrogen-bond acceptors (Lipinski definition) is 3. The molecule has 0 bridgehead atoms. The van der Waals surface area contributed by atoms with Crippen molar-refractivity contribution in [2.75, 3.05) is 0 Å². The van der Waals surface area contributed by atoms with Gasteiger partial charge in [-0.05, 0) is 42.8 Å². The van der Waals surface area contributed by atoms with Crippen LogP contribution in [0.5, 0.6) is 5.75 Å². The van der Waals surface area contributed by atoms with Gasteiger partial charge in [-0.2, -0.15) is 5.10 Å². The van der Waals surface area contributed by atoms with E-state index in [-0.39, 0.29) is 12.0 Å². The third kappa shape index (κ3) is 4.29. The van der Waals surface area contributed by atoms with E-state index in [1.54, 1.807) is 18.3 Å². The fraction of sp³-hybridized carbons (Fsp3) is 0.143. The van der Waals surface area contributed by atoms with Crippen molar-refractivity contribution in [1.82, 2.24) is 5.43 Å². The van der Waals surface area contributed by atoms with Crippen LogP contribution in [0.25, 0.3) is 10.8 Å². The Morgan fingerprint density at radius 2 is 1.88 bits per heavy atom. The van der Waals surface area contributed by atoms with Gasteiger partial charge in [0.25, 0.3) is 5.91 Å². The van der Waals surface area contributed by atoms with E-state index in [4.69, 9.17) is 4.74 Å². The molecule has 1 amide bonds. The SMILES string of the molecule is CC(C)Oc1ccc(Br)cc1C(=O)NN=Cc1cccc2ccccc12. The predicted molar refractivity (Wildman–Crippen MR) is 109 cm³/mol. The summed E-state index contributed by atoms with van der Waals surface area (Å²) in [5.74, 6) is 0.208. The molecule has 0 radical (unpaired) electrons. The molecule has 0 aliphatic carbocycles. The van der Waals surface area contributed by atoms with Crippen LogP contribution in [-0.2, 0) is 0 Å². The molecule has 0 heterocycles. The van der Waals surface area contributed by atoms with E-state index in [0.29, 0.717) is 11.3 Å². The molecule has 0 atom stereocenters. The van der Waals surface area contributed by atoms with Gasteiger partial charge in [0, 0.05) is 10.0 Å². The maximum Gasteiger partial charge on any atom is 0.275 e. The van der Waals surface area contributed by atoms with Gasteiger partial charge in [0.15, 0.2) is 0 Å². The number of rotatable bonds is 5. The zero-order chi connectivity index (χ0) is 18.5. The van der Waals surface area contributed by atoms with Crippen molar-refractivity contribution in [3.05, 3.63) is 76.3 Å². The van der Waals surface area contributed by atoms with Crippen molar-refractivity contribution in [2.24, 2.45) is 5.10 Å². The number of ether oxygens (including phenoxy) is 1. The van der Waals surface area contributed by atoms with Crippen molar-refractivity contribution in [1.29, 1.82) is 0 Å². The lowest BCUT2D eigenvalue weighted by molar-refractivity contribution is 0.0949. The van der Waals surface area contributed by atoms with Crippen LogP contribution >= 0.6 is 15.9 Å². The van der Waals surface area contributed by atoms with Gasteiger partial charge in [0.1, 0.15) is 5.75 Å². The standard InChI is InChI=1S/C21H19BrN2O2/c1-14(2)26-20-11-10-17(22)12-19(20)21(25)24-23-13-16-8-5-7-15-6-3-4-9-18(15)16/h3-14H,1-2H3,(H,24,25). The smallest absolute Gasteiger partial charge is 0.275 e. The summed E-state index contributed by atoms with van der Waals surface area (Å²) in [6.07, 6.45) is 1.63. The molecule has 0 aliphatic heterocycles. The van der Waals surface area contributed by atoms with Crippen molar-refractivity contribution in [2.45, 2.75) is 20.0 Å². The molecule has 0 aliphatic rings. The Labute approximate surface area is 161 Å². The number of halogens is 1. The number of fused-ring (bicyclic) bond motifs is 1. The minimum atomic E-state index is -0.321. The van der Waals surface area contributed by atoms with E-state index in [1.807, 2.05) is 62.4 Å². The number of nitrogens with one attached hydrogen (secondary N) is 1. The minimum Gasteiger partial charge on any atom is -0.490 e. The summed E-state index contributed by atoms with van der Waals surface area (Å²) in [6, 6.07) is 19.4. The lowest BCUT2D eigenvalue weighted by Gasteiger charge is -2.13. The number of nitrogens with zero attached hydrogens (tertiary/aromatic N) is 1. The van der Waals surface area contributed by atoms with Crippen molar-refractivity contribution < 1.29 is 9.53 Å². The lowest BCUT2D eigenvalue weighted by atomic mass is 10.1. The highest BCUT2D eigenvalue weighted by Crippen LogP contribution is 2.24. The first-order valence-corrected chi connectivity index (χ1v) is 9.11. The Morgan fingerprint density at radius 3 is 2.69 bits per heavy atom. The summed E-state index contributed by atoms with van der Waals surface area (Å²) in [4.78, 5) is 12.5. The average Bonchev–Trinajstić information content (AvgIpc) is 2.63. The average molecular weight is 411 g/mol. The van der Waals surface area contributed by atoms with Crippen LogP contribution in [0, 0.1) is 0 Å². The fourth-order valence-corrected chi connectivity index (χ4v) is 2.98. The molecule has 0 saturated carbocycles. The molecule has 0 fully saturated rings. The maximum absolute atomic E-state index is 12.5. The van der Waals surface area contributed by atoms with Crippen LogP contribution in [0.3, 0.4) is 0 Å². The Kier molecular flexibility index (Phi) is 5.68. The molecule has 3 rings (SSSR count). The van der Waals surface area contributed by atoms with Gasteiger partial charge in [0.2, 0.25) is 0 Å². The topological polar surface area (TPSA) is 50.7 Å². The summed E-state index contributed by atoms with van der Waals surface area (Å²) in [6.45, 7) is 3.84. The Hall–Kier alpha value is -2.66. The molecule has 0 unspecified atom stereocenters. The Balaban J connectivity index is 1.80. The van der Waals surface area contributed by atoms with Crippen LogP contribution in [0.4, 0.5) is 0 Å². The van der Waals surface area contributed by atoms with E-state index >= 15 is 0 Å². The molecule has 3 aromatic carbocycles. The van der Waals surface area contributed by atoms with Gasteiger partial charge in [0.05, 0.1) is 17.9 Å². The molecular formula is C21H19BrN2O2. The number of hydrogen-bond donors (Lipinski definition) is 1. The summed E-state index contributed by atoms with van der Waals surface area (Å²) in [5, 5.41) is 6.33. The lowest BCUT2D eigenvalue weighted by Crippen LogP contribution is -2.20. The summed E-state index contributed by atoms with van der Waals surface area (Å²) >= 11 is 3.39. The van der Waals surface area contributed by atoms with Crippen molar-refractivity contribution >= 4 is 38.8 Å². The van der Waals surface area contributed by atoms with E-state index in [9.17, 15) is 4.79 Å². The number of amides is 1. The van der Waals surface area contributed by atoms with Crippen LogP contribution in [0.15, 0.2) is 70.2 Å². The second kappa shape index (κ2) is 8.15. The van der Waals surface area contributed by atoms with Crippen LogP contribution in [0.1, 0.15) is 29.8 Å². The van der Waals surface area contributed by atoms with Crippen LogP contribution in [-0.4, -0.2) is 18.2 Å². The first-order valence-electron chi connectivity index (χ1n) is 8.32. The monoisotopic (exact) mass is 410 g/mol. The molecule has 3 aromatic rings. The molecule has 1 N–H and O–H groups in total. The number of benzene rings is 3. The predicted octanol–water partition coefficient (Wildman–Crippen LogP) is 5.15. The molecule has 132 valence electrons. The highest BCUT2D eigenvalue weighted by atomic mass is 79.9. The Bertz CT molecular complexity index is 962. The number of hydrazone groups is 1. The number of carbonyl (C=O) groups excluding carboxylic acids is 1. The first kappa shape index (κ1) is 18.1. The minimum absolute atomic E-state index is 0.0260. The molecule has 26 heavy (non-hydrogen) atoms. The van der Waals surface area contributed by atoms with E-state index < -0.39 is 0 Å². The Morgan fingerprint density at radius 1 is 1.12 bits per heavy atom. The van der Waals surface area contributed by atoms with Crippen molar-refractivity contribution in [3.63, 3.8) is 0 Å². The van der Waals surface area contributed by atoms with Gasteiger partial charge in [-0.15, -0.1) is 0 Å². The molecule has 4 nitrogen and oxygen atoms in total. The summed E-state index contributed by atoms with van der Waals surface area (Å²) < 4.78 is 6.51. The van der Waals surface area contributed by atoms with E-state index in [0.717, 1.165) is 20.8 Å². The second-order valence-corrected chi connectivity index (χ2v) is 6.99. The van der Waals surface area contributed by atoms with Crippen LogP contribution in [0.2, 0.25) is 0 Å². The second-order valence-electron chi connectivity index (χ2n) is 6.07. The molecule has 0 saturated heterocycles. The molecule has 0 aromatic heterocycles. The maximum atomic E-state index is 12.5. The van der Waals surface area contributed by atoms with Gasteiger partial charge < -0.3 is 4.74 Å². The van der Waals surface area contributed by atoms with Crippen LogP contribution < -0.4 is 10.2 Å². The summed E-state index contributed by atoms with van der Waals surface area (Å²) in [7, 11) is 0. The largest absolute Gasteiger partial charge is 0.490 e. The molecule has 0 spiro atoms. The van der Waals surface area contributed by atoms with Gasteiger partial charge in [-0.25, -0.2) is 5.43 Å². The van der Waals surface area contributed by atoms with Gasteiger partial charge in [-0.1, -0.05) is 58.4 Å². The van der Waals surface area contributed by atoms with E-state index in [1.165, 1.54) is 0 Å². The van der Waals surface area contributed by atoms with Crippen molar-refractivity contribution in [3.8, 4) is 5.75 Å². The summed E-state index contributed by atoms with van der Waals surface area (Å²) in [5.41, 5.74) is 3.96. The fourth-order valence-electron chi connectivity index (χ4n) is 2.62. The third-order valence-electron chi connectivity index (χ3n) is 3.74. The first-order chi connectivity index (χ1) is 12.5. The quantitative estimate of drug-likeness (QED) is 0.466. The molecular weight excluding hydrogens is 392 g/mol. The highest BCUT2D eigenvalue weighted by molar-refractivity contribution is 9.10. The van der Waals surface area contributed by atoms with Gasteiger partial charge in [-0.3, -0.25) is 4.79 Å². The molecule has 5 heteroatoms. The number of carbonyl (C=O) groups is 1. The van der Waals surface area contributed by atoms with E-state index in [2.05, 4.69) is 26.5 Å². The zero-order valence-electron chi connectivity index (χ0n) is 14.6. The normalized spacial score (nSPS) is 11.2.